The van der Waals surface area contributed by atoms with E-state index < -0.39 is 11.8 Å². The lowest BCUT2D eigenvalue weighted by molar-refractivity contribution is -0.670. The minimum Gasteiger partial charge on any atom is -0.545 e. The number of halogens is 1. The number of rotatable bonds is 2. The maximum atomic E-state index is 12.9. The zero-order chi connectivity index (χ0) is 13.4. The molecule has 2 rings (SSSR count). The summed E-state index contributed by atoms with van der Waals surface area (Å²) in [5.41, 5.74) is 0.148. The van der Waals surface area contributed by atoms with Gasteiger partial charge in [-0.1, -0.05) is 19.1 Å². The van der Waals surface area contributed by atoms with Crippen LogP contribution in [0.5, 0.6) is 0 Å². The number of carboxylic acids is 1. The fraction of sp³-hybridized carbons (Fsp3) is 0.462. The molecule has 0 atom stereocenters. The van der Waals surface area contributed by atoms with Crippen molar-refractivity contribution in [2.75, 3.05) is 26.3 Å². The van der Waals surface area contributed by atoms with Crippen LogP contribution in [0.15, 0.2) is 18.2 Å². The Bertz CT molecular complexity index is 380. The largest absolute Gasteiger partial charge is 0.545 e. The van der Waals surface area contributed by atoms with Gasteiger partial charge in [-0.3, -0.25) is 0 Å². The summed E-state index contributed by atoms with van der Waals surface area (Å²) < 4.78 is 18.0. The van der Waals surface area contributed by atoms with Gasteiger partial charge in [0, 0.05) is 5.56 Å². The third kappa shape index (κ3) is 4.43. The summed E-state index contributed by atoms with van der Waals surface area (Å²) in [5, 5.41) is 12.7. The van der Waals surface area contributed by atoms with E-state index in [0.717, 1.165) is 26.3 Å². The van der Waals surface area contributed by atoms with Gasteiger partial charge in [-0.05, 0) is 18.1 Å². The number of quaternary nitrogens is 1. The van der Waals surface area contributed by atoms with Gasteiger partial charge in [0.15, 0.2) is 0 Å². The molecule has 1 aromatic rings. The highest BCUT2D eigenvalue weighted by molar-refractivity contribution is 5.87. The molecular weight excluding hydrogens is 237 g/mol. The summed E-state index contributed by atoms with van der Waals surface area (Å²) in [4.78, 5) is 10.5. The predicted molar refractivity (Wildman–Crippen MR) is 62.6 cm³/mol. The van der Waals surface area contributed by atoms with E-state index in [1.165, 1.54) is 18.2 Å². The van der Waals surface area contributed by atoms with E-state index in [1.807, 2.05) is 0 Å². The number of carbonyl (C=O) groups excluding carboxylic acids is 1. The summed E-state index contributed by atoms with van der Waals surface area (Å²) in [7, 11) is 0. The molecule has 0 aliphatic carbocycles. The smallest absolute Gasteiger partial charge is 0.127 e. The van der Waals surface area contributed by atoms with Gasteiger partial charge in [0.1, 0.15) is 5.82 Å². The van der Waals surface area contributed by atoms with Gasteiger partial charge in [0.05, 0.1) is 32.3 Å². The Morgan fingerprint density at radius 3 is 2.44 bits per heavy atom. The predicted octanol–water partition coefficient (Wildman–Crippen LogP) is -0.668. The Balaban J connectivity index is 0.000000225. The van der Waals surface area contributed by atoms with Gasteiger partial charge < -0.3 is 20.0 Å². The Kier molecular flexibility index (Phi) is 6.32. The highest BCUT2D eigenvalue weighted by atomic mass is 19.1. The van der Waals surface area contributed by atoms with Gasteiger partial charge in [-0.2, -0.15) is 0 Å². The van der Waals surface area contributed by atoms with Crippen molar-refractivity contribution in [3.05, 3.63) is 35.1 Å². The van der Waals surface area contributed by atoms with Crippen LogP contribution in [0.2, 0.25) is 0 Å². The average Bonchev–Trinajstić information content (AvgIpc) is 2.41. The van der Waals surface area contributed by atoms with Crippen molar-refractivity contribution in [3.8, 4) is 0 Å². The van der Waals surface area contributed by atoms with Gasteiger partial charge >= 0.3 is 0 Å². The molecule has 0 bridgehead atoms. The van der Waals surface area contributed by atoms with Crippen molar-refractivity contribution >= 4 is 5.97 Å². The number of benzene rings is 1. The first-order valence-electron chi connectivity index (χ1n) is 6.05. The maximum Gasteiger partial charge on any atom is 0.127 e. The summed E-state index contributed by atoms with van der Waals surface area (Å²) in [5.74, 6) is -1.81. The van der Waals surface area contributed by atoms with Crippen LogP contribution in [0.1, 0.15) is 22.8 Å². The molecule has 1 aliphatic heterocycles. The van der Waals surface area contributed by atoms with E-state index in [4.69, 9.17) is 4.74 Å². The molecule has 0 unspecified atom stereocenters. The first kappa shape index (κ1) is 14.6. The first-order valence-corrected chi connectivity index (χ1v) is 6.05. The maximum absolute atomic E-state index is 12.9. The number of carbonyl (C=O) groups is 1. The van der Waals surface area contributed by atoms with Crippen molar-refractivity contribution in [2.45, 2.75) is 13.3 Å². The molecule has 100 valence electrons. The molecule has 1 saturated heterocycles. The summed E-state index contributed by atoms with van der Waals surface area (Å²) >= 11 is 0. The Hall–Kier alpha value is -1.46. The van der Waals surface area contributed by atoms with Crippen molar-refractivity contribution in [1.82, 2.24) is 0 Å². The molecule has 0 saturated carbocycles. The number of nitrogens with two attached hydrogens (primary N) is 1. The summed E-state index contributed by atoms with van der Waals surface area (Å²) in [6.45, 7) is 5.89. The number of hydrogen-bond donors (Lipinski definition) is 1. The minimum atomic E-state index is -1.33. The molecule has 0 spiro atoms. The molecule has 2 N–H and O–H groups in total. The molecule has 1 aliphatic rings. The van der Waals surface area contributed by atoms with Crippen LogP contribution in [0.3, 0.4) is 0 Å². The SMILES string of the molecule is C1COCC[NH2+]1.CCc1c(F)cccc1C(=O)[O-]. The molecule has 1 heterocycles. The van der Waals surface area contributed by atoms with Crippen LogP contribution in [-0.2, 0) is 11.2 Å². The highest BCUT2D eigenvalue weighted by Crippen LogP contribution is 2.13. The third-order valence-corrected chi connectivity index (χ3v) is 2.62. The fourth-order valence-corrected chi connectivity index (χ4v) is 1.69. The molecule has 0 aromatic heterocycles. The zero-order valence-corrected chi connectivity index (χ0v) is 10.4. The number of morpholine rings is 1. The van der Waals surface area contributed by atoms with Crippen LogP contribution in [0, 0.1) is 5.82 Å². The van der Waals surface area contributed by atoms with Gasteiger partial charge in [0.25, 0.3) is 0 Å². The van der Waals surface area contributed by atoms with Crippen LogP contribution in [-0.4, -0.2) is 32.3 Å². The molecule has 1 aromatic carbocycles. The second-order valence-electron chi connectivity index (χ2n) is 3.89. The lowest BCUT2D eigenvalue weighted by atomic mass is 10.1. The quantitative estimate of drug-likeness (QED) is 0.762. The Morgan fingerprint density at radius 1 is 1.44 bits per heavy atom. The van der Waals surface area contributed by atoms with E-state index in [2.05, 4.69) is 5.32 Å². The van der Waals surface area contributed by atoms with E-state index in [1.54, 1.807) is 6.92 Å². The Morgan fingerprint density at radius 2 is 2.11 bits per heavy atom. The number of carboxylic acid groups (broad SMARTS) is 1. The van der Waals surface area contributed by atoms with Crippen LogP contribution in [0.25, 0.3) is 0 Å². The van der Waals surface area contributed by atoms with Crippen LogP contribution >= 0.6 is 0 Å². The lowest BCUT2D eigenvalue weighted by Crippen LogP contribution is -2.87. The van der Waals surface area contributed by atoms with E-state index in [9.17, 15) is 14.3 Å². The van der Waals surface area contributed by atoms with Crippen molar-refractivity contribution < 1.29 is 24.3 Å². The number of ether oxygens (including phenoxy) is 1. The van der Waals surface area contributed by atoms with Crippen molar-refractivity contribution in [1.29, 1.82) is 0 Å². The lowest BCUT2D eigenvalue weighted by Gasteiger charge is -2.08. The van der Waals surface area contributed by atoms with Gasteiger partial charge in [-0.15, -0.1) is 0 Å². The highest BCUT2D eigenvalue weighted by Gasteiger charge is 2.05. The fourth-order valence-electron chi connectivity index (χ4n) is 1.69. The molecule has 4 nitrogen and oxygen atoms in total. The van der Waals surface area contributed by atoms with Gasteiger partial charge in [-0.25, -0.2) is 4.39 Å². The second-order valence-corrected chi connectivity index (χ2v) is 3.89. The average molecular weight is 255 g/mol. The molecule has 5 heteroatoms. The molecule has 18 heavy (non-hydrogen) atoms. The molecule has 0 amide bonds. The zero-order valence-electron chi connectivity index (χ0n) is 10.4. The minimum absolute atomic E-state index is 0.0579. The van der Waals surface area contributed by atoms with Gasteiger partial charge in [0.2, 0.25) is 0 Å². The van der Waals surface area contributed by atoms with E-state index in [-0.39, 0.29) is 11.1 Å². The molecular formula is C13H18FNO3. The van der Waals surface area contributed by atoms with E-state index in [0.29, 0.717) is 6.42 Å². The topological polar surface area (TPSA) is 66.0 Å². The molecule has 0 radical (unpaired) electrons. The standard InChI is InChI=1S/C9H9FO2.C4H9NO/c1-2-6-7(9(11)12)4-3-5-8(6)10;1-3-6-4-2-5-1/h3-5H,2H2,1H3,(H,11,12);5H,1-4H2. The van der Waals surface area contributed by atoms with Crippen LogP contribution in [0.4, 0.5) is 4.39 Å². The number of hydrogen-bond acceptors (Lipinski definition) is 3. The third-order valence-electron chi connectivity index (χ3n) is 2.62. The summed E-state index contributed by atoms with van der Waals surface area (Å²) in [6, 6.07) is 3.95. The van der Waals surface area contributed by atoms with Crippen LogP contribution < -0.4 is 10.4 Å². The Labute approximate surface area is 106 Å². The number of aromatic carboxylic acids is 1. The first-order chi connectivity index (χ1) is 8.66. The second kappa shape index (κ2) is 7.79. The normalized spacial score (nSPS) is 14.6. The van der Waals surface area contributed by atoms with E-state index >= 15 is 0 Å². The van der Waals surface area contributed by atoms with Crippen molar-refractivity contribution in [3.63, 3.8) is 0 Å². The monoisotopic (exact) mass is 255 g/mol. The summed E-state index contributed by atoms with van der Waals surface area (Å²) in [6.07, 6.45) is 0.357. The molecule has 1 fully saturated rings. The van der Waals surface area contributed by atoms with Crippen molar-refractivity contribution in [2.24, 2.45) is 0 Å².